The number of nitrogens with one attached hydrogen (secondary N) is 1. The Labute approximate surface area is 119 Å². The van der Waals surface area contributed by atoms with E-state index in [-0.39, 0.29) is 18.5 Å². The van der Waals surface area contributed by atoms with Crippen LogP contribution in [0.5, 0.6) is 0 Å². The van der Waals surface area contributed by atoms with Crippen molar-refractivity contribution in [2.45, 2.75) is 45.1 Å². The molecule has 6 heteroatoms. The Bertz CT molecular complexity index is 426. The van der Waals surface area contributed by atoms with Gasteiger partial charge in [0.25, 0.3) is 5.91 Å². The molecule has 1 atom stereocenters. The zero-order valence-electron chi connectivity index (χ0n) is 11.8. The number of amides is 1. The molecule has 1 fully saturated rings. The van der Waals surface area contributed by atoms with Crippen LogP contribution < -0.4 is 5.32 Å². The van der Waals surface area contributed by atoms with Crippen molar-refractivity contribution in [1.82, 2.24) is 10.2 Å². The molecule has 0 aromatic heterocycles. The molecule has 1 rings (SSSR count). The largest absolute Gasteiger partial charge is 0.481 e. The van der Waals surface area contributed by atoms with Crippen LogP contribution in [0.4, 0.5) is 0 Å². The molecular formula is C14H21N3O3. The van der Waals surface area contributed by atoms with E-state index in [0.29, 0.717) is 12.5 Å². The number of carbonyl (C=O) groups excluding carboxylic acids is 1. The number of carbonyl (C=O) groups is 2. The van der Waals surface area contributed by atoms with Crippen molar-refractivity contribution in [3.8, 4) is 6.07 Å². The van der Waals surface area contributed by atoms with E-state index in [1.807, 2.05) is 11.0 Å². The minimum Gasteiger partial charge on any atom is -0.481 e. The van der Waals surface area contributed by atoms with Crippen molar-refractivity contribution < 1.29 is 14.7 Å². The fourth-order valence-electron chi connectivity index (χ4n) is 2.15. The van der Waals surface area contributed by atoms with Crippen LogP contribution in [0, 0.1) is 11.3 Å². The molecule has 0 radical (unpaired) electrons. The van der Waals surface area contributed by atoms with Gasteiger partial charge in [-0.15, -0.1) is 0 Å². The Morgan fingerprint density at radius 3 is 2.85 bits per heavy atom. The summed E-state index contributed by atoms with van der Waals surface area (Å²) in [7, 11) is 0. The second-order valence-electron chi connectivity index (χ2n) is 4.99. The molecule has 20 heavy (non-hydrogen) atoms. The highest BCUT2D eigenvalue weighted by Gasteiger charge is 2.18. The summed E-state index contributed by atoms with van der Waals surface area (Å²) >= 11 is 0. The van der Waals surface area contributed by atoms with E-state index in [9.17, 15) is 9.59 Å². The molecule has 0 bridgehead atoms. The Hall–Kier alpha value is -2.03. The fourth-order valence-corrected chi connectivity index (χ4v) is 2.15. The predicted molar refractivity (Wildman–Crippen MR) is 73.6 cm³/mol. The minimum absolute atomic E-state index is 0.00897. The third-order valence-corrected chi connectivity index (χ3v) is 3.37. The van der Waals surface area contributed by atoms with Crippen LogP contribution in [-0.2, 0) is 9.59 Å². The molecule has 1 amide bonds. The molecular weight excluding hydrogens is 258 g/mol. The van der Waals surface area contributed by atoms with Crippen molar-refractivity contribution in [2.24, 2.45) is 0 Å². The van der Waals surface area contributed by atoms with Gasteiger partial charge in [-0.2, -0.15) is 5.26 Å². The van der Waals surface area contributed by atoms with Crippen LogP contribution in [0.1, 0.15) is 39.0 Å². The van der Waals surface area contributed by atoms with E-state index in [1.54, 1.807) is 6.20 Å². The summed E-state index contributed by atoms with van der Waals surface area (Å²) < 4.78 is 0. The van der Waals surface area contributed by atoms with Crippen molar-refractivity contribution in [1.29, 1.82) is 5.26 Å². The molecule has 1 heterocycles. The van der Waals surface area contributed by atoms with Gasteiger partial charge in [-0.25, -0.2) is 0 Å². The predicted octanol–water partition coefficient (Wildman–Crippen LogP) is 1.25. The molecule has 1 saturated heterocycles. The van der Waals surface area contributed by atoms with Gasteiger partial charge in [0.15, 0.2) is 0 Å². The Balaban J connectivity index is 2.49. The van der Waals surface area contributed by atoms with E-state index in [2.05, 4.69) is 12.2 Å². The maximum Gasteiger partial charge on any atom is 0.303 e. The normalized spacial score (nSPS) is 19.3. The molecule has 0 saturated carbocycles. The summed E-state index contributed by atoms with van der Waals surface area (Å²) in [5.41, 5.74) is 0.0778. The maximum atomic E-state index is 11.8. The third-order valence-electron chi connectivity index (χ3n) is 3.37. The molecule has 1 unspecified atom stereocenters. The Kier molecular flexibility index (Phi) is 6.57. The Morgan fingerprint density at radius 2 is 2.25 bits per heavy atom. The van der Waals surface area contributed by atoms with Crippen molar-refractivity contribution in [3.63, 3.8) is 0 Å². The van der Waals surface area contributed by atoms with Crippen LogP contribution in [0.3, 0.4) is 0 Å². The number of carboxylic acid groups (broad SMARTS) is 1. The summed E-state index contributed by atoms with van der Waals surface area (Å²) in [5, 5.41) is 20.1. The van der Waals surface area contributed by atoms with Crippen LogP contribution in [0.25, 0.3) is 0 Å². The van der Waals surface area contributed by atoms with Gasteiger partial charge in [-0.3, -0.25) is 9.59 Å². The zero-order chi connectivity index (χ0) is 15.0. The first-order valence-electron chi connectivity index (χ1n) is 6.92. The third kappa shape index (κ3) is 5.31. The highest BCUT2D eigenvalue weighted by molar-refractivity contribution is 5.97. The number of nitriles is 1. The lowest BCUT2D eigenvalue weighted by Crippen LogP contribution is -2.35. The van der Waals surface area contributed by atoms with E-state index in [1.165, 1.54) is 6.42 Å². The van der Waals surface area contributed by atoms with Gasteiger partial charge in [0, 0.05) is 31.8 Å². The van der Waals surface area contributed by atoms with Gasteiger partial charge in [-0.05, 0) is 32.6 Å². The van der Waals surface area contributed by atoms with Gasteiger partial charge < -0.3 is 15.3 Å². The summed E-state index contributed by atoms with van der Waals surface area (Å²) in [5.74, 6) is -1.33. The number of rotatable bonds is 6. The average molecular weight is 279 g/mol. The first-order valence-corrected chi connectivity index (χ1v) is 6.92. The van der Waals surface area contributed by atoms with E-state index < -0.39 is 11.9 Å². The average Bonchev–Trinajstić information content (AvgIpc) is 2.42. The van der Waals surface area contributed by atoms with Gasteiger partial charge in [0.05, 0.1) is 0 Å². The molecule has 6 nitrogen and oxygen atoms in total. The van der Waals surface area contributed by atoms with Gasteiger partial charge >= 0.3 is 5.97 Å². The van der Waals surface area contributed by atoms with Crippen LogP contribution in [0.2, 0.25) is 0 Å². The van der Waals surface area contributed by atoms with Crippen molar-refractivity contribution in [2.75, 3.05) is 13.1 Å². The summed E-state index contributed by atoms with van der Waals surface area (Å²) in [6, 6.07) is 2.25. The molecule has 0 aromatic carbocycles. The number of likely N-dealkylation sites (tertiary alicyclic amines) is 1. The monoisotopic (exact) mass is 279 g/mol. The molecule has 0 spiro atoms. The molecule has 2 N–H and O–H groups in total. The zero-order valence-corrected chi connectivity index (χ0v) is 11.8. The highest BCUT2D eigenvalue weighted by atomic mass is 16.4. The van der Waals surface area contributed by atoms with Crippen LogP contribution in [0.15, 0.2) is 11.8 Å². The lowest BCUT2D eigenvalue weighted by atomic mass is 10.0. The number of nitrogens with zero attached hydrogens (tertiary/aromatic N) is 2. The maximum absolute atomic E-state index is 11.8. The summed E-state index contributed by atoms with van der Waals surface area (Å²) in [6.07, 6.45) is 5.30. The topological polar surface area (TPSA) is 93.4 Å². The molecule has 1 aliphatic heterocycles. The summed E-state index contributed by atoms with van der Waals surface area (Å²) in [4.78, 5) is 24.2. The smallest absolute Gasteiger partial charge is 0.303 e. The van der Waals surface area contributed by atoms with Crippen LogP contribution >= 0.6 is 0 Å². The van der Waals surface area contributed by atoms with E-state index in [0.717, 1.165) is 19.4 Å². The summed E-state index contributed by atoms with van der Waals surface area (Å²) in [6.45, 7) is 3.20. The fraction of sp³-hybridized carbons (Fsp3) is 0.643. The molecule has 1 aliphatic rings. The lowest BCUT2D eigenvalue weighted by molar-refractivity contribution is -0.137. The van der Waals surface area contributed by atoms with Gasteiger partial charge in [-0.1, -0.05) is 0 Å². The van der Waals surface area contributed by atoms with Crippen LogP contribution in [-0.4, -0.2) is 41.0 Å². The minimum atomic E-state index is -0.891. The number of hydrogen-bond donors (Lipinski definition) is 2. The lowest BCUT2D eigenvalue weighted by Gasteiger charge is -2.32. The van der Waals surface area contributed by atoms with E-state index in [4.69, 9.17) is 10.4 Å². The first kappa shape index (κ1) is 16.0. The molecule has 0 aromatic rings. The first-order chi connectivity index (χ1) is 9.54. The number of carboxylic acids is 1. The SMILES string of the molecule is CC1CCCCN1/C=C(/C#N)C(=O)NCCCC(=O)O. The second kappa shape index (κ2) is 8.20. The van der Waals surface area contributed by atoms with Crippen molar-refractivity contribution in [3.05, 3.63) is 11.8 Å². The second-order valence-corrected chi connectivity index (χ2v) is 4.99. The van der Waals surface area contributed by atoms with E-state index >= 15 is 0 Å². The molecule has 0 aliphatic carbocycles. The standard InChI is InChI=1S/C14H21N3O3/c1-11-5-2-3-8-17(11)10-12(9-15)14(20)16-7-4-6-13(18)19/h10-11H,2-8H2,1H3,(H,16,20)(H,18,19)/b12-10-. The quantitative estimate of drug-likeness (QED) is 0.433. The highest BCUT2D eigenvalue weighted by Crippen LogP contribution is 2.17. The van der Waals surface area contributed by atoms with Gasteiger partial charge in [0.1, 0.15) is 11.6 Å². The molecule has 110 valence electrons. The number of hydrogen-bond acceptors (Lipinski definition) is 4. The Morgan fingerprint density at radius 1 is 1.50 bits per heavy atom. The number of piperidine rings is 1. The number of aliphatic carboxylic acids is 1. The van der Waals surface area contributed by atoms with Gasteiger partial charge in [0.2, 0.25) is 0 Å². The van der Waals surface area contributed by atoms with Crippen molar-refractivity contribution >= 4 is 11.9 Å².